The first kappa shape index (κ1) is 13.6. The molecule has 0 saturated heterocycles. The third-order valence-corrected chi connectivity index (χ3v) is 2.50. The molecule has 0 aromatic carbocycles. The van der Waals surface area contributed by atoms with E-state index >= 15 is 0 Å². The Hall–Kier alpha value is -1.42. The maximum absolute atomic E-state index is 12.0. The van der Waals surface area contributed by atoms with Crippen molar-refractivity contribution in [2.24, 2.45) is 5.73 Å². The molecule has 0 aliphatic rings. The van der Waals surface area contributed by atoms with Crippen molar-refractivity contribution in [3.8, 4) is 0 Å². The molecule has 1 unspecified atom stereocenters. The minimum atomic E-state index is -0.104. The van der Waals surface area contributed by atoms with Gasteiger partial charge in [0.05, 0.1) is 12.2 Å². The molecular weight excluding hydrogens is 214 g/mol. The lowest BCUT2D eigenvalue weighted by Crippen LogP contribution is -2.39. The summed E-state index contributed by atoms with van der Waals surface area (Å²) in [4.78, 5) is 18.1. The second kappa shape index (κ2) is 6.35. The number of aromatic nitrogens is 1. The van der Waals surface area contributed by atoms with Crippen LogP contribution in [0.1, 0.15) is 32.9 Å². The fraction of sp³-hybridized carbons (Fsp3) is 0.538. The monoisotopic (exact) mass is 235 g/mol. The predicted octanol–water partition coefficient (Wildman–Crippen LogP) is 1.56. The fourth-order valence-corrected chi connectivity index (χ4v) is 1.62. The van der Waals surface area contributed by atoms with E-state index in [4.69, 9.17) is 5.73 Å². The second-order valence-corrected chi connectivity index (χ2v) is 4.62. The summed E-state index contributed by atoms with van der Waals surface area (Å²) < 4.78 is 0. The van der Waals surface area contributed by atoms with E-state index in [-0.39, 0.29) is 18.0 Å². The third kappa shape index (κ3) is 4.53. The molecule has 1 amide bonds. The van der Waals surface area contributed by atoms with E-state index in [0.29, 0.717) is 13.0 Å². The SMILES string of the molecule is CC(N)CC(=O)N(Cc1ccccn1)C(C)C. The molecule has 0 fully saturated rings. The molecule has 0 bridgehead atoms. The van der Waals surface area contributed by atoms with Gasteiger partial charge in [-0.25, -0.2) is 0 Å². The van der Waals surface area contributed by atoms with E-state index in [0.717, 1.165) is 5.69 Å². The summed E-state index contributed by atoms with van der Waals surface area (Å²) in [5.74, 6) is 0.0839. The normalized spacial score (nSPS) is 12.5. The fourth-order valence-electron chi connectivity index (χ4n) is 1.62. The number of nitrogens with zero attached hydrogens (tertiary/aromatic N) is 2. The zero-order chi connectivity index (χ0) is 12.8. The first-order valence-electron chi connectivity index (χ1n) is 5.95. The highest BCUT2D eigenvalue weighted by Gasteiger charge is 2.18. The zero-order valence-electron chi connectivity index (χ0n) is 10.8. The van der Waals surface area contributed by atoms with Gasteiger partial charge in [0, 0.05) is 24.7 Å². The van der Waals surface area contributed by atoms with Gasteiger partial charge in [-0.1, -0.05) is 6.07 Å². The summed E-state index contributed by atoms with van der Waals surface area (Å²) in [6, 6.07) is 5.77. The molecule has 1 heterocycles. The maximum Gasteiger partial charge on any atom is 0.224 e. The molecule has 0 aliphatic carbocycles. The van der Waals surface area contributed by atoms with Crippen LogP contribution in [0.5, 0.6) is 0 Å². The van der Waals surface area contributed by atoms with Crippen LogP contribution in [-0.2, 0) is 11.3 Å². The minimum absolute atomic E-state index is 0.0839. The van der Waals surface area contributed by atoms with Gasteiger partial charge in [0.25, 0.3) is 0 Å². The van der Waals surface area contributed by atoms with Crippen molar-refractivity contribution in [1.29, 1.82) is 0 Å². The Kier molecular flexibility index (Phi) is 5.10. The molecule has 1 rings (SSSR count). The molecule has 0 spiro atoms. The lowest BCUT2D eigenvalue weighted by molar-refractivity contribution is -0.133. The molecule has 1 aromatic rings. The van der Waals surface area contributed by atoms with Gasteiger partial charge in [-0.2, -0.15) is 0 Å². The number of hydrogen-bond acceptors (Lipinski definition) is 3. The largest absolute Gasteiger partial charge is 0.334 e. The highest BCUT2D eigenvalue weighted by Crippen LogP contribution is 2.08. The zero-order valence-corrected chi connectivity index (χ0v) is 10.8. The molecule has 4 heteroatoms. The van der Waals surface area contributed by atoms with Crippen molar-refractivity contribution in [3.05, 3.63) is 30.1 Å². The van der Waals surface area contributed by atoms with Crippen molar-refractivity contribution >= 4 is 5.91 Å². The van der Waals surface area contributed by atoms with E-state index in [2.05, 4.69) is 4.98 Å². The van der Waals surface area contributed by atoms with Gasteiger partial charge < -0.3 is 10.6 Å². The van der Waals surface area contributed by atoms with Crippen LogP contribution < -0.4 is 5.73 Å². The van der Waals surface area contributed by atoms with Crippen LogP contribution in [-0.4, -0.2) is 27.9 Å². The minimum Gasteiger partial charge on any atom is -0.334 e. The molecule has 94 valence electrons. The van der Waals surface area contributed by atoms with Crippen LogP contribution in [0.4, 0.5) is 0 Å². The number of carbonyl (C=O) groups excluding carboxylic acids is 1. The quantitative estimate of drug-likeness (QED) is 0.842. The summed E-state index contributed by atoms with van der Waals surface area (Å²) in [5.41, 5.74) is 6.56. The second-order valence-electron chi connectivity index (χ2n) is 4.62. The van der Waals surface area contributed by atoms with Crippen LogP contribution in [0.25, 0.3) is 0 Å². The number of amides is 1. The molecule has 4 nitrogen and oxygen atoms in total. The van der Waals surface area contributed by atoms with Gasteiger partial charge >= 0.3 is 0 Å². The van der Waals surface area contributed by atoms with Gasteiger partial charge in [-0.05, 0) is 32.9 Å². The number of carbonyl (C=O) groups is 1. The molecule has 0 saturated carbocycles. The van der Waals surface area contributed by atoms with Gasteiger partial charge in [0.15, 0.2) is 0 Å². The Balaban J connectivity index is 2.70. The molecule has 2 N–H and O–H groups in total. The first-order valence-corrected chi connectivity index (χ1v) is 5.95. The maximum atomic E-state index is 12.0. The molecule has 1 atom stereocenters. The van der Waals surface area contributed by atoms with Crippen LogP contribution in [0.15, 0.2) is 24.4 Å². The summed E-state index contributed by atoms with van der Waals surface area (Å²) in [5, 5.41) is 0. The van der Waals surface area contributed by atoms with Crippen molar-refractivity contribution in [2.75, 3.05) is 0 Å². The first-order chi connectivity index (χ1) is 8.00. The highest BCUT2D eigenvalue weighted by molar-refractivity contribution is 5.77. The molecular formula is C13H21N3O. The standard InChI is InChI=1S/C13H21N3O/c1-10(2)16(13(17)8-11(3)14)9-12-6-4-5-7-15-12/h4-7,10-11H,8-9,14H2,1-3H3. The molecule has 0 aliphatic heterocycles. The molecule has 17 heavy (non-hydrogen) atoms. The summed E-state index contributed by atoms with van der Waals surface area (Å²) >= 11 is 0. The van der Waals surface area contributed by atoms with E-state index < -0.39 is 0 Å². The van der Waals surface area contributed by atoms with Crippen molar-refractivity contribution in [3.63, 3.8) is 0 Å². The average molecular weight is 235 g/mol. The van der Waals surface area contributed by atoms with Crippen LogP contribution in [0.2, 0.25) is 0 Å². The number of hydrogen-bond donors (Lipinski definition) is 1. The number of rotatable bonds is 5. The Labute approximate surface area is 103 Å². The van der Waals surface area contributed by atoms with Crippen molar-refractivity contribution in [1.82, 2.24) is 9.88 Å². The highest BCUT2D eigenvalue weighted by atomic mass is 16.2. The third-order valence-electron chi connectivity index (χ3n) is 2.50. The van der Waals surface area contributed by atoms with Gasteiger partial charge in [-0.15, -0.1) is 0 Å². The van der Waals surface area contributed by atoms with Crippen molar-refractivity contribution < 1.29 is 4.79 Å². The van der Waals surface area contributed by atoms with E-state index in [1.165, 1.54) is 0 Å². The van der Waals surface area contributed by atoms with Gasteiger partial charge in [0.1, 0.15) is 0 Å². The van der Waals surface area contributed by atoms with Crippen molar-refractivity contribution in [2.45, 2.75) is 45.8 Å². The van der Waals surface area contributed by atoms with E-state index in [9.17, 15) is 4.79 Å². The van der Waals surface area contributed by atoms with Gasteiger partial charge in [-0.3, -0.25) is 9.78 Å². The number of nitrogens with two attached hydrogens (primary N) is 1. The van der Waals surface area contributed by atoms with Crippen LogP contribution in [0, 0.1) is 0 Å². The Bertz CT molecular complexity index is 349. The molecule has 0 radical (unpaired) electrons. The predicted molar refractivity (Wildman–Crippen MR) is 68.2 cm³/mol. The average Bonchev–Trinajstić information content (AvgIpc) is 2.25. The number of pyridine rings is 1. The molecule has 1 aromatic heterocycles. The lowest BCUT2D eigenvalue weighted by Gasteiger charge is -2.27. The van der Waals surface area contributed by atoms with Crippen LogP contribution >= 0.6 is 0 Å². The van der Waals surface area contributed by atoms with E-state index in [1.807, 2.05) is 43.9 Å². The smallest absolute Gasteiger partial charge is 0.224 e. The Morgan fingerprint density at radius 1 is 1.41 bits per heavy atom. The summed E-state index contributed by atoms with van der Waals surface area (Å²) in [7, 11) is 0. The van der Waals surface area contributed by atoms with E-state index in [1.54, 1.807) is 6.20 Å². The topological polar surface area (TPSA) is 59.2 Å². The Morgan fingerprint density at radius 2 is 2.12 bits per heavy atom. The van der Waals surface area contributed by atoms with Gasteiger partial charge in [0.2, 0.25) is 5.91 Å². The Morgan fingerprint density at radius 3 is 2.59 bits per heavy atom. The summed E-state index contributed by atoms with van der Waals surface area (Å²) in [6.45, 7) is 6.39. The lowest BCUT2D eigenvalue weighted by atomic mass is 10.2. The van der Waals surface area contributed by atoms with Crippen LogP contribution in [0.3, 0.4) is 0 Å². The summed E-state index contributed by atoms with van der Waals surface area (Å²) in [6.07, 6.45) is 2.12.